The van der Waals surface area contributed by atoms with Gasteiger partial charge in [0.1, 0.15) is 18.4 Å². The van der Waals surface area contributed by atoms with Gasteiger partial charge in [0.25, 0.3) is 11.7 Å². The van der Waals surface area contributed by atoms with Gasteiger partial charge in [0.05, 0.1) is 19.2 Å². The molecule has 0 aliphatic rings. The maximum atomic E-state index is 13.0. The fourth-order valence-electron chi connectivity index (χ4n) is 3.42. The molecule has 0 bridgehead atoms. The van der Waals surface area contributed by atoms with E-state index in [4.69, 9.17) is 22.3 Å². The number of ether oxygens (including phenoxy) is 2. The summed E-state index contributed by atoms with van der Waals surface area (Å²) in [5, 5.41) is 3.10. The van der Waals surface area contributed by atoms with Crippen molar-refractivity contribution in [1.82, 2.24) is 9.88 Å². The number of fused-ring (bicyclic) bond motifs is 1. The molecule has 7 nitrogen and oxygen atoms in total. The third kappa shape index (κ3) is 5.41. The van der Waals surface area contributed by atoms with Crippen molar-refractivity contribution in [2.24, 2.45) is 0 Å². The second kappa shape index (κ2) is 10.7. The largest absolute Gasteiger partial charge is 0.481 e. The second-order valence-corrected chi connectivity index (χ2v) is 7.11. The lowest BCUT2D eigenvalue weighted by molar-refractivity contribution is -0.144. The Morgan fingerprint density at radius 2 is 1.79 bits per heavy atom. The third-order valence-electron chi connectivity index (χ3n) is 4.98. The summed E-state index contributed by atoms with van der Waals surface area (Å²) >= 11 is 0. The fraction of sp³-hybridized carbons (Fsp3) is 0.192. The van der Waals surface area contributed by atoms with Crippen LogP contribution in [-0.4, -0.2) is 42.0 Å². The Bertz CT molecular complexity index is 1260. The molecule has 0 aliphatic carbocycles. The van der Waals surface area contributed by atoms with E-state index in [-0.39, 0.29) is 25.1 Å². The van der Waals surface area contributed by atoms with Gasteiger partial charge >= 0.3 is 5.97 Å². The van der Waals surface area contributed by atoms with Gasteiger partial charge in [0.15, 0.2) is 0 Å². The van der Waals surface area contributed by atoms with Gasteiger partial charge in [0, 0.05) is 23.5 Å². The number of carbonyl (C=O) groups is 3. The molecule has 3 aromatic rings. The molecule has 1 aromatic heterocycles. The van der Waals surface area contributed by atoms with Crippen LogP contribution in [0.25, 0.3) is 10.9 Å². The smallest absolute Gasteiger partial charge is 0.328 e. The predicted molar refractivity (Wildman–Crippen MR) is 124 cm³/mol. The van der Waals surface area contributed by atoms with E-state index >= 15 is 0 Å². The molecular formula is C26H22N2O5. The second-order valence-electron chi connectivity index (χ2n) is 7.11. The maximum Gasteiger partial charge on any atom is 0.328 e. The summed E-state index contributed by atoms with van der Waals surface area (Å²) in [5.74, 6) is 3.13. The lowest BCUT2D eigenvalue weighted by Crippen LogP contribution is -2.45. The minimum atomic E-state index is -1.05. The molecule has 1 heterocycles. The molecule has 0 saturated carbocycles. The van der Waals surface area contributed by atoms with Crippen molar-refractivity contribution in [3.63, 3.8) is 0 Å². The van der Waals surface area contributed by atoms with Crippen molar-refractivity contribution >= 4 is 28.6 Å². The fourth-order valence-corrected chi connectivity index (χ4v) is 3.42. The number of aromatic nitrogens is 1. The van der Waals surface area contributed by atoms with E-state index in [9.17, 15) is 14.4 Å². The summed E-state index contributed by atoms with van der Waals surface area (Å²) in [4.78, 5) is 38.0. The summed E-state index contributed by atoms with van der Waals surface area (Å²) in [7, 11) is 1.22. The minimum Gasteiger partial charge on any atom is -0.481 e. The van der Waals surface area contributed by atoms with Gasteiger partial charge in [-0.15, -0.1) is 12.8 Å². The molecule has 0 aliphatic heterocycles. The van der Waals surface area contributed by atoms with Crippen LogP contribution in [0, 0.1) is 24.7 Å². The summed E-state index contributed by atoms with van der Waals surface area (Å²) < 4.78 is 11.9. The van der Waals surface area contributed by atoms with E-state index in [1.54, 1.807) is 47.2 Å². The topological polar surface area (TPSA) is 86.6 Å². The van der Waals surface area contributed by atoms with Crippen molar-refractivity contribution in [1.29, 1.82) is 0 Å². The van der Waals surface area contributed by atoms with Crippen LogP contribution in [0.5, 0.6) is 5.75 Å². The number of rotatable bonds is 9. The van der Waals surface area contributed by atoms with Gasteiger partial charge in [0.2, 0.25) is 0 Å². The van der Waals surface area contributed by atoms with E-state index in [2.05, 4.69) is 17.2 Å². The normalized spacial score (nSPS) is 11.1. The van der Waals surface area contributed by atoms with E-state index in [1.165, 1.54) is 7.11 Å². The van der Waals surface area contributed by atoms with Crippen molar-refractivity contribution in [3.05, 3.63) is 65.9 Å². The SMILES string of the molecule is C#CCOc1ccc(C[C@H](NC(=O)C(=O)c2cn(CC#C)c3ccccc23)C(=O)OC)cc1. The highest BCUT2D eigenvalue weighted by Gasteiger charge is 2.27. The Hall–Kier alpha value is -4.49. The third-order valence-corrected chi connectivity index (χ3v) is 4.98. The van der Waals surface area contributed by atoms with Crippen LogP contribution < -0.4 is 10.1 Å². The van der Waals surface area contributed by atoms with Crippen LogP contribution in [0.3, 0.4) is 0 Å². The summed E-state index contributed by atoms with van der Waals surface area (Å²) in [6.07, 6.45) is 12.3. The molecule has 1 N–H and O–H groups in total. The first-order chi connectivity index (χ1) is 16.0. The maximum absolute atomic E-state index is 13.0. The molecule has 2 aromatic carbocycles. The van der Waals surface area contributed by atoms with Gasteiger partial charge in [-0.05, 0) is 23.8 Å². The number of para-hydroxylation sites is 1. The molecule has 1 amide bonds. The summed E-state index contributed by atoms with van der Waals surface area (Å²) in [6, 6.07) is 13.0. The summed E-state index contributed by atoms with van der Waals surface area (Å²) in [5.41, 5.74) is 1.68. The Kier molecular flexibility index (Phi) is 7.51. The molecule has 166 valence electrons. The van der Waals surface area contributed by atoms with Crippen LogP contribution in [0.1, 0.15) is 15.9 Å². The van der Waals surface area contributed by atoms with Crippen molar-refractivity contribution in [2.75, 3.05) is 13.7 Å². The van der Waals surface area contributed by atoms with E-state index in [0.717, 1.165) is 11.1 Å². The number of hydrogen-bond donors (Lipinski definition) is 1. The minimum absolute atomic E-state index is 0.125. The van der Waals surface area contributed by atoms with Gasteiger partial charge < -0.3 is 19.4 Å². The van der Waals surface area contributed by atoms with Crippen LogP contribution in [-0.2, 0) is 27.3 Å². The van der Waals surface area contributed by atoms with Crippen LogP contribution in [0.2, 0.25) is 0 Å². The quantitative estimate of drug-likeness (QED) is 0.238. The van der Waals surface area contributed by atoms with Crippen molar-refractivity contribution < 1.29 is 23.9 Å². The molecule has 0 spiro atoms. The highest BCUT2D eigenvalue weighted by molar-refractivity contribution is 6.45. The van der Waals surface area contributed by atoms with Crippen LogP contribution in [0.4, 0.5) is 0 Å². The molecule has 3 rings (SSSR count). The van der Waals surface area contributed by atoms with E-state index in [1.807, 2.05) is 12.1 Å². The Labute approximate surface area is 191 Å². The standard InChI is InChI=1S/C26H22N2O5/c1-4-14-28-17-21(20-8-6-7-9-23(20)28)24(29)25(30)27-22(26(31)32-3)16-18-10-12-19(13-11-18)33-15-5-2/h1-2,6-13,17,22H,14-16H2,3H3,(H,27,30)/t22-/m0/s1. The van der Waals surface area contributed by atoms with Gasteiger partial charge in [-0.2, -0.15) is 0 Å². The number of benzene rings is 2. The predicted octanol–water partition coefficient (Wildman–Crippen LogP) is 2.37. The number of carbonyl (C=O) groups excluding carboxylic acids is 3. The van der Waals surface area contributed by atoms with Gasteiger partial charge in [-0.1, -0.05) is 42.2 Å². The van der Waals surface area contributed by atoms with Crippen molar-refractivity contribution in [3.8, 4) is 30.4 Å². The number of methoxy groups -OCH3 is 1. The molecule has 0 unspecified atom stereocenters. The number of nitrogens with one attached hydrogen (secondary N) is 1. The lowest BCUT2D eigenvalue weighted by Gasteiger charge is -2.16. The van der Waals surface area contributed by atoms with Crippen molar-refractivity contribution in [2.45, 2.75) is 19.0 Å². The Balaban J connectivity index is 1.79. The molecule has 7 heteroatoms. The Morgan fingerprint density at radius 1 is 1.06 bits per heavy atom. The number of amides is 1. The zero-order chi connectivity index (χ0) is 23.8. The monoisotopic (exact) mass is 442 g/mol. The molecule has 0 radical (unpaired) electrons. The molecule has 33 heavy (non-hydrogen) atoms. The molecular weight excluding hydrogens is 420 g/mol. The average Bonchev–Trinajstić information content (AvgIpc) is 3.20. The zero-order valence-electron chi connectivity index (χ0n) is 18.0. The summed E-state index contributed by atoms with van der Waals surface area (Å²) in [6.45, 7) is 0.390. The first kappa shape index (κ1) is 23.2. The highest BCUT2D eigenvalue weighted by atomic mass is 16.5. The molecule has 1 atom stereocenters. The number of esters is 1. The van der Waals surface area contributed by atoms with E-state index < -0.39 is 23.7 Å². The van der Waals surface area contributed by atoms with Crippen LogP contribution >= 0.6 is 0 Å². The first-order valence-electron chi connectivity index (χ1n) is 10.1. The lowest BCUT2D eigenvalue weighted by atomic mass is 10.0. The Morgan fingerprint density at radius 3 is 2.45 bits per heavy atom. The van der Waals surface area contributed by atoms with Crippen LogP contribution in [0.15, 0.2) is 54.7 Å². The number of terminal acetylenes is 2. The average molecular weight is 442 g/mol. The van der Waals surface area contributed by atoms with Gasteiger partial charge in [-0.25, -0.2) is 4.79 Å². The molecule has 0 fully saturated rings. The first-order valence-corrected chi connectivity index (χ1v) is 10.1. The highest BCUT2D eigenvalue weighted by Crippen LogP contribution is 2.22. The number of Topliss-reactive ketones (excluding diaryl/α,β-unsaturated/α-hetero) is 1. The number of ketones is 1. The molecule has 0 saturated heterocycles. The number of nitrogens with zero attached hydrogens (tertiary/aromatic N) is 1. The van der Waals surface area contributed by atoms with E-state index in [0.29, 0.717) is 11.1 Å². The zero-order valence-corrected chi connectivity index (χ0v) is 18.0. The number of hydrogen-bond acceptors (Lipinski definition) is 5. The van der Waals surface area contributed by atoms with Gasteiger partial charge in [-0.3, -0.25) is 9.59 Å².